The van der Waals surface area contributed by atoms with Gasteiger partial charge in [-0.2, -0.15) is 10.2 Å². The molecule has 2 N–H and O–H groups in total. The smallest absolute Gasteiger partial charge is 0.261 e. The molecular formula is C7H6N6O. The maximum absolute atomic E-state index is 11.4. The number of H-pyrrole nitrogens is 1. The Balaban J connectivity index is 2.10. The van der Waals surface area contributed by atoms with Crippen LogP contribution in [-0.4, -0.2) is 31.3 Å². The first kappa shape index (κ1) is 8.30. The Kier molecular flexibility index (Phi) is 2.14. The maximum atomic E-state index is 11.4. The van der Waals surface area contributed by atoms with Crippen LogP contribution in [0.1, 0.15) is 10.4 Å². The van der Waals surface area contributed by atoms with E-state index in [1.54, 1.807) is 0 Å². The lowest BCUT2D eigenvalue weighted by Gasteiger charge is -1.98. The minimum absolute atomic E-state index is 0.165. The Labute approximate surface area is 78.6 Å². The van der Waals surface area contributed by atoms with Crippen molar-refractivity contribution in [2.45, 2.75) is 0 Å². The molecular weight excluding hydrogens is 184 g/mol. The zero-order valence-corrected chi connectivity index (χ0v) is 7.01. The van der Waals surface area contributed by atoms with Crippen molar-refractivity contribution in [1.82, 2.24) is 25.4 Å². The molecule has 0 saturated carbocycles. The quantitative estimate of drug-likeness (QED) is 0.686. The van der Waals surface area contributed by atoms with Gasteiger partial charge in [0.2, 0.25) is 5.95 Å². The highest BCUT2D eigenvalue weighted by Gasteiger charge is 2.07. The second-order valence-electron chi connectivity index (χ2n) is 2.41. The molecule has 2 rings (SSSR count). The maximum Gasteiger partial charge on any atom is 0.261 e. The number of aromatic nitrogens is 5. The molecule has 14 heavy (non-hydrogen) atoms. The zero-order chi connectivity index (χ0) is 9.80. The molecule has 2 heterocycles. The van der Waals surface area contributed by atoms with Crippen LogP contribution in [0.15, 0.2) is 24.8 Å². The van der Waals surface area contributed by atoms with Crippen LogP contribution < -0.4 is 5.32 Å². The molecule has 0 radical (unpaired) electrons. The van der Waals surface area contributed by atoms with Crippen LogP contribution in [0.25, 0.3) is 0 Å². The van der Waals surface area contributed by atoms with Gasteiger partial charge in [0.05, 0.1) is 24.2 Å². The van der Waals surface area contributed by atoms with Gasteiger partial charge in [0, 0.05) is 6.20 Å². The summed E-state index contributed by atoms with van der Waals surface area (Å²) >= 11 is 0. The predicted octanol–water partition coefficient (Wildman–Crippen LogP) is -0.153. The largest absolute Gasteiger partial charge is 0.289 e. The first-order valence-electron chi connectivity index (χ1n) is 3.80. The third kappa shape index (κ3) is 1.71. The Morgan fingerprint density at radius 2 is 2.36 bits per heavy atom. The number of nitrogens with zero attached hydrogens (tertiary/aromatic N) is 4. The molecule has 7 nitrogen and oxygen atoms in total. The number of aromatic amines is 1. The van der Waals surface area contributed by atoms with Crippen molar-refractivity contribution in [2.75, 3.05) is 5.32 Å². The van der Waals surface area contributed by atoms with E-state index in [-0.39, 0.29) is 11.9 Å². The van der Waals surface area contributed by atoms with Crippen molar-refractivity contribution in [3.63, 3.8) is 0 Å². The summed E-state index contributed by atoms with van der Waals surface area (Å²) in [5, 5.41) is 15.8. The summed E-state index contributed by atoms with van der Waals surface area (Å²) in [4.78, 5) is 15.2. The predicted molar refractivity (Wildman–Crippen MR) is 46.4 cm³/mol. The molecule has 2 aromatic rings. The minimum atomic E-state index is -0.327. The van der Waals surface area contributed by atoms with E-state index in [1.807, 2.05) is 0 Å². The average Bonchev–Trinajstić information content (AvgIpc) is 2.72. The lowest BCUT2D eigenvalue weighted by atomic mass is 10.3. The molecule has 0 atom stereocenters. The van der Waals surface area contributed by atoms with E-state index in [0.717, 1.165) is 0 Å². The first-order chi connectivity index (χ1) is 6.86. The number of amides is 1. The fraction of sp³-hybridized carbons (Fsp3) is 0. The van der Waals surface area contributed by atoms with E-state index in [1.165, 1.54) is 24.8 Å². The number of nitrogens with one attached hydrogen (secondary N) is 2. The van der Waals surface area contributed by atoms with Gasteiger partial charge in [-0.15, -0.1) is 5.10 Å². The number of hydrogen-bond acceptors (Lipinski definition) is 5. The highest BCUT2D eigenvalue weighted by atomic mass is 16.1. The molecule has 2 aromatic heterocycles. The highest BCUT2D eigenvalue weighted by molar-refractivity contribution is 6.02. The first-order valence-corrected chi connectivity index (χ1v) is 3.80. The summed E-state index contributed by atoms with van der Waals surface area (Å²) < 4.78 is 0. The summed E-state index contributed by atoms with van der Waals surface area (Å²) in [7, 11) is 0. The van der Waals surface area contributed by atoms with Crippen molar-refractivity contribution in [3.8, 4) is 0 Å². The standard InChI is InChI=1S/C7H6N6O/c14-6(5-3-10-11-4-5)12-7-8-1-2-9-13-7/h1-4H,(H,10,11)(H,8,12,13,14). The molecule has 0 saturated heterocycles. The monoisotopic (exact) mass is 190 g/mol. The molecule has 0 aliphatic carbocycles. The van der Waals surface area contributed by atoms with Gasteiger partial charge in [0.1, 0.15) is 0 Å². The van der Waals surface area contributed by atoms with Crippen LogP contribution in [0.2, 0.25) is 0 Å². The number of carbonyl (C=O) groups excluding carboxylic acids is 1. The van der Waals surface area contributed by atoms with Gasteiger partial charge < -0.3 is 0 Å². The normalized spacial score (nSPS) is 9.71. The summed E-state index contributed by atoms with van der Waals surface area (Å²) in [6, 6.07) is 0. The van der Waals surface area contributed by atoms with Gasteiger partial charge in [-0.05, 0) is 0 Å². The van der Waals surface area contributed by atoms with Gasteiger partial charge in [-0.3, -0.25) is 15.2 Å². The highest BCUT2D eigenvalue weighted by Crippen LogP contribution is 1.99. The van der Waals surface area contributed by atoms with E-state index in [2.05, 4.69) is 30.7 Å². The molecule has 0 spiro atoms. The second kappa shape index (κ2) is 3.60. The third-order valence-corrected chi connectivity index (χ3v) is 1.47. The van der Waals surface area contributed by atoms with E-state index in [4.69, 9.17) is 0 Å². The summed E-state index contributed by atoms with van der Waals surface area (Å²) in [6.07, 6.45) is 5.75. The molecule has 7 heteroatoms. The van der Waals surface area contributed by atoms with Crippen LogP contribution in [0.4, 0.5) is 5.95 Å². The van der Waals surface area contributed by atoms with Crippen molar-refractivity contribution in [3.05, 3.63) is 30.4 Å². The minimum Gasteiger partial charge on any atom is -0.289 e. The SMILES string of the molecule is O=C(Nc1nccnn1)c1cn[nH]c1. The van der Waals surface area contributed by atoms with Crippen LogP contribution >= 0.6 is 0 Å². The molecule has 0 aromatic carbocycles. The van der Waals surface area contributed by atoms with Gasteiger partial charge in [0.15, 0.2) is 0 Å². The number of carbonyl (C=O) groups is 1. The van der Waals surface area contributed by atoms with E-state index >= 15 is 0 Å². The Morgan fingerprint density at radius 1 is 1.43 bits per heavy atom. The molecule has 0 aliphatic heterocycles. The fourth-order valence-electron chi connectivity index (χ4n) is 0.854. The Bertz CT molecular complexity index is 411. The van der Waals surface area contributed by atoms with Crippen molar-refractivity contribution in [1.29, 1.82) is 0 Å². The summed E-state index contributed by atoms with van der Waals surface area (Å²) in [6.45, 7) is 0. The van der Waals surface area contributed by atoms with Crippen molar-refractivity contribution >= 4 is 11.9 Å². The molecule has 1 amide bonds. The van der Waals surface area contributed by atoms with E-state index < -0.39 is 0 Å². The number of rotatable bonds is 2. The lowest BCUT2D eigenvalue weighted by molar-refractivity contribution is 0.102. The van der Waals surface area contributed by atoms with Gasteiger partial charge in [0.25, 0.3) is 5.91 Å². The zero-order valence-electron chi connectivity index (χ0n) is 7.01. The van der Waals surface area contributed by atoms with E-state index in [0.29, 0.717) is 5.56 Å². The molecule has 0 fully saturated rings. The Hall–Kier alpha value is -2.31. The third-order valence-electron chi connectivity index (χ3n) is 1.47. The molecule has 0 bridgehead atoms. The summed E-state index contributed by atoms with van der Waals surface area (Å²) in [5.74, 6) is -0.162. The van der Waals surface area contributed by atoms with Crippen molar-refractivity contribution < 1.29 is 4.79 Å². The number of anilines is 1. The Morgan fingerprint density at radius 3 is 3.00 bits per heavy atom. The lowest BCUT2D eigenvalue weighted by Crippen LogP contribution is -2.13. The van der Waals surface area contributed by atoms with Gasteiger partial charge in [-0.25, -0.2) is 4.98 Å². The van der Waals surface area contributed by atoms with Crippen LogP contribution in [0, 0.1) is 0 Å². The van der Waals surface area contributed by atoms with Crippen LogP contribution in [-0.2, 0) is 0 Å². The van der Waals surface area contributed by atoms with Gasteiger partial charge >= 0.3 is 0 Å². The number of hydrogen-bond donors (Lipinski definition) is 2. The van der Waals surface area contributed by atoms with E-state index in [9.17, 15) is 4.79 Å². The topological polar surface area (TPSA) is 96.5 Å². The fourth-order valence-corrected chi connectivity index (χ4v) is 0.854. The average molecular weight is 190 g/mol. The van der Waals surface area contributed by atoms with Gasteiger partial charge in [-0.1, -0.05) is 0 Å². The van der Waals surface area contributed by atoms with Crippen LogP contribution in [0.5, 0.6) is 0 Å². The molecule has 70 valence electrons. The molecule has 0 unspecified atom stereocenters. The van der Waals surface area contributed by atoms with Crippen molar-refractivity contribution in [2.24, 2.45) is 0 Å². The van der Waals surface area contributed by atoms with Crippen LogP contribution in [0.3, 0.4) is 0 Å². The second-order valence-corrected chi connectivity index (χ2v) is 2.41. The molecule has 0 aliphatic rings. The summed E-state index contributed by atoms with van der Waals surface area (Å²) in [5.41, 5.74) is 0.414.